The summed E-state index contributed by atoms with van der Waals surface area (Å²) in [5.41, 5.74) is 1.04. The minimum absolute atomic E-state index is 0.189. The summed E-state index contributed by atoms with van der Waals surface area (Å²) in [6.45, 7) is 1.60. The normalized spacial score (nSPS) is 11.4. The van der Waals surface area contributed by atoms with Crippen molar-refractivity contribution in [3.63, 3.8) is 0 Å². The van der Waals surface area contributed by atoms with Gasteiger partial charge in [-0.15, -0.1) is 0 Å². The first-order chi connectivity index (χ1) is 9.02. The monoisotopic (exact) mass is 278 g/mol. The van der Waals surface area contributed by atoms with Gasteiger partial charge in [0.2, 0.25) is 5.91 Å². The SMILES string of the molecule is CC(CSCC(=O)Nc1cccc(C#N)c1)C(=O)O. The minimum atomic E-state index is -0.866. The van der Waals surface area contributed by atoms with Gasteiger partial charge in [-0.1, -0.05) is 13.0 Å². The van der Waals surface area contributed by atoms with E-state index in [-0.39, 0.29) is 11.7 Å². The van der Waals surface area contributed by atoms with Crippen molar-refractivity contribution in [3.8, 4) is 6.07 Å². The van der Waals surface area contributed by atoms with E-state index in [0.717, 1.165) is 0 Å². The summed E-state index contributed by atoms with van der Waals surface area (Å²) in [6, 6.07) is 8.61. The number of aliphatic carboxylic acids is 1. The Morgan fingerprint density at radius 2 is 2.26 bits per heavy atom. The Bertz CT molecular complexity index is 511. The van der Waals surface area contributed by atoms with Crippen molar-refractivity contribution in [1.82, 2.24) is 0 Å². The van der Waals surface area contributed by atoms with Crippen molar-refractivity contribution in [2.45, 2.75) is 6.92 Å². The van der Waals surface area contributed by atoms with Gasteiger partial charge in [0.15, 0.2) is 0 Å². The average molecular weight is 278 g/mol. The molecule has 19 heavy (non-hydrogen) atoms. The van der Waals surface area contributed by atoms with Gasteiger partial charge in [-0.25, -0.2) is 0 Å². The molecule has 0 fully saturated rings. The fourth-order valence-corrected chi connectivity index (χ4v) is 2.13. The zero-order chi connectivity index (χ0) is 14.3. The second-order valence-electron chi connectivity index (χ2n) is 4.00. The quantitative estimate of drug-likeness (QED) is 0.830. The number of carbonyl (C=O) groups excluding carboxylic acids is 1. The molecule has 0 aliphatic heterocycles. The lowest BCUT2D eigenvalue weighted by molar-refractivity contribution is -0.140. The van der Waals surface area contributed by atoms with E-state index in [1.54, 1.807) is 31.2 Å². The summed E-state index contributed by atoms with van der Waals surface area (Å²) in [5, 5.41) is 20.1. The Balaban J connectivity index is 2.39. The van der Waals surface area contributed by atoms with Crippen LogP contribution >= 0.6 is 11.8 Å². The van der Waals surface area contributed by atoms with Gasteiger partial charge in [-0.05, 0) is 18.2 Å². The molecule has 0 aliphatic carbocycles. The molecule has 0 saturated heterocycles. The van der Waals surface area contributed by atoms with E-state index in [2.05, 4.69) is 5.32 Å². The van der Waals surface area contributed by atoms with Crippen LogP contribution in [0.15, 0.2) is 24.3 Å². The summed E-state index contributed by atoms with van der Waals surface area (Å²) in [7, 11) is 0. The van der Waals surface area contributed by atoms with Gasteiger partial charge in [0.05, 0.1) is 23.3 Å². The first kappa shape index (κ1) is 15.1. The molecular weight excluding hydrogens is 264 g/mol. The molecule has 0 heterocycles. The van der Waals surface area contributed by atoms with E-state index in [1.165, 1.54) is 11.8 Å². The van der Waals surface area contributed by atoms with Crippen LogP contribution in [0, 0.1) is 17.2 Å². The van der Waals surface area contributed by atoms with Gasteiger partial charge in [-0.2, -0.15) is 17.0 Å². The maximum Gasteiger partial charge on any atom is 0.307 e. The topological polar surface area (TPSA) is 90.2 Å². The molecule has 1 atom stereocenters. The highest BCUT2D eigenvalue weighted by Crippen LogP contribution is 2.12. The van der Waals surface area contributed by atoms with Crippen LogP contribution in [0.1, 0.15) is 12.5 Å². The van der Waals surface area contributed by atoms with Gasteiger partial charge in [0.25, 0.3) is 0 Å². The molecule has 1 unspecified atom stereocenters. The van der Waals surface area contributed by atoms with Gasteiger partial charge in [0, 0.05) is 11.4 Å². The number of rotatable bonds is 6. The van der Waals surface area contributed by atoms with Crippen LogP contribution in [0.2, 0.25) is 0 Å². The molecule has 1 aromatic carbocycles. The Morgan fingerprint density at radius 3 is 2.89 bits per heavy atom. The van der Waals surface area contributed by atoms with Gasteiger partial charge in [0.1, 0.15) is 0 Å². The van der Waals surface area contributed by atoms with Crippen LogP contribution in [0.4, 0.5) is 5.69 Å². The molecule has 0 bridgehead atoms. The molecule has 6 heteroatoms. The standard InChI is InChI=1S/C13H14N2O3S/c1-9(13(17)18)7-19-8-12(16)15-11-4-2-3-10(5-11)6-14/h2-5,9H,7-8H2,1H3,(H,15,16)(H,17,18). The van der Waals surface area contributed by atoms with E-state index < -0.39 is 11.9 Å². The van der Waals surface area contributed by atoms with Crippen LogP contribution in [-0.4, -0.2) is 28.5 Å². The second kappa shape index (κ2) is 7.44. The van der Waals surface area contributed by atoms with E-state index >= 15 is 0 Å². The molecular formula is C13H14N2O3S. The first-order valence-corrected chi connectivity index (χ1v) is 6.79. The third-order valence-electron chi connectivity index (χ3n) is 2.30. The molecule has 5 nitrogen and oxygen atoms in total. The van der Waals surface area contributed by atoms with Crippen molar-refractivity contribution in [3.05, 3.63) is 29.8 Å². The Morgan fingerprint density at radius 1 is 1.53 bits per heavy atom. The lowest BCUT2D eigenvalue weighted by Crippen LogP contribution is -2.17. The number of carboxylic acids is 1. The Hall–Kier alpha value is -2.00. The number of nitriles is 1. The maximum absolute atomic E-state index is 11.6. The van der Waals surface area contributed by atoms with Gasteiger partial charge in [-0.3, -0.25) is 9.59 Å². The molecule has 1 amide bonds. The number of nitrogens with one attached hydrogen (secondary N) is 1. The third kappa shape index (κ3) is 5.44. The average Bonchev–Trinajstić information content (AvgIpc) is 2.38. The maximum atomic E-state index is 11.6. The molecule has 1 rings (SSSR count). The summed E-state index contributed by atoms with van der Waals surface area (Å²) in [6.07, 6.45) is 0. The summed E-state index contributed by atoms with van der Waals surface area (Å²) >= 11 is 1.27. The number of thioether (sulfide) groups is 1. The largest absolute Gasteiger partial charge is 0.481 e. The summed E-state index contributed by atoms with van der Waals surface area (Å²) in [5.74, 6) is -0.970. The van der Waals surface area contributed by atoms with Crippen LogP contribution in [0.3, 0.4) is 0 Å². The van der Waals surface area contributed by atoms with Crippen LogP contribution in [0.5, 0.6) is 0 Å². The number of hydrogen-bond donors (Lipinski definition) is 2. The van der Waals surface area contributed by atoms with E-state index in [4.69, 9.17) is 10.4 Å². The van der Waals surface area contributed by atoms with Gasteiger partial charge < -0.3 is 10.4 Å². The van der Waals surface area contributed by atoms with E-state index in [1.807, 2.05) is 6.07 Å². The van der Waals surface area contributed by atoms with Crippen LogP contribution in [0.25, 0.3) is 0 Å². The van der Waals surface area contributed by atoms with Crippen molar-refractivity contribution < 1.29 is 14.7 Å². The molecule has 0 radical (unpaired) electrons. The number of benzene rings is 1. The number of nitrogens with zero attached hydrogens (tertiary/aromatic N) is 1. The van der Waals surface area contributed by atoms with Crippen molar-refractivity contribution in [2.75, 3.05) is 16.8 Å². The van der Waals surface area contributed by atoms with Crippen LogP contribution < -0.4 is 5.32 Å². The predicted octanol–water partition coefficient (Wildman–Crippen LogP) is 1.95. The lowest BCUT2D eigenvalue weighted by Gasteiger charge is -2.07. The molecule has 100 valence electrons. The number of amides is 1. The molecule has 0 saturated carbocycles. The van der Waals surface area contributed by atoms with Crippen molar-refractivity contribution >= 4 is 29.3 Å². The fraction of sp³-hybridized carbons (Fsp3) is 0.308. The Labute approximate surface area is 115 Å². The molecule has 0 aliphatic rings. The zero-order valence-electron chi connectivity index (χ0n) is 10.4. The molecule has 2 N–H and O–H groups in total. The van der Waals surface area contributed by atoms with Crippen molar-refractivity contribution in [1.29, 1.82) is 5.26 Å². The fourth-order valence-electron chi connectivity index (χ4n) is 1.26. The first-order valence-electron chi connectivity index (χ1n) is 5.63. The third-order valence-corrected chi connectivity index (χ3v) is 3.50. The smallest absolute Gasteiger partial charge is 0.307 e. The number of carboxylic acid groups (broad SMARTS) is 1. The minimum Gasteiger partial charge on any atom is -0.481 e. The second-order valence-corrected chi connectivity index (χ2v) is 5.03. The van der Waals surface area contributed by atoms with Crippen molar-refractivity contribution in [2.24, 2.45) is 5.92 Å². The van der Waals surface area contributed by atoms with E-state index in [9.17, 15) is 9.59 Å². The summed E-state index contributed by atoms with van der Waals surface area (Å²) in [4.78, 5) is 22.2. The lowest BCUT2D eigenvalue weighted by atomic mass is 10.2. The highest BCUT2D eigenvalue weighted by molar-refractivity contribution is 8.00. The zero-order valence-corrected chi connectivity index (χ0v) is 11.2. The van der Waals surface area contributed by atoms with Crippen LogP contribution in [-0.2, 0) is 9.59 Å². The highest BCUT2D eigenvalue weighted by atomic mass is 32.2. The molecule has 0 aromatic heterocycles. The molecule has 0 spiro atoms. The number of carbonyl (C=O) groups is 2. The molecule has 1 aromatic rings. The predicted molar refractivity (Wildman–Crippen MR) is 73.9 cm³/mol. The van der Waals surface area contributed by atoms with Gasteiger partial charge >= 0.3 is 5.97 Å². The van der Waals surface area contributed by atoms with E-state index in [0.29, 0.717) is 17.0 Å². The number of hydrogen-bond acceptors (Lipinski definition) is 4. The summed E-state index contributed by atoms with van der Waals surface area (Å²) < 4.78 is 0. The highest BCUT2D eigenvalue weighted by Gasteiger charge is 2.11. The Kier molecular flexibility index (Phi) is 5.90. The number of anilines is 1.